The SMILES string of the molecule is FCCCCCCCC=COCC(F)(F)F. The Kier molecular flexibility index (Phi) is 9.04. The fourth-order valence-corrected chi connectivity index (χ4v) is 1.17. The molecule has 5 heteroatoms. The van der Waals surface area contributed by atoms with Gasteiger partial charge in [-0.3, -0.25) is 4.39 Å². The van der Waals surface area contributed by atoms with Crippen LogP contribution in [0.15, 0.2) is 12.3 Å². The zero-order valence-corrected chi connectivity index (χ0v) is 9.23. The number of allylic oxidation sites excluding steroid dienone is 1. The summed E-state index contributed by atoms with van der Waals surface area (Å²) in [5.41, 5.74) is 0. The quantitative estimate of drug-likeness (QED) is 0.331. The fourth-order valence-electron chi connectivity index (χ4n) is 1.17. The largest absolute Gasteiger partial charge is 0.492 e. The second-order valence-corrected chi connectivity index (χ2v) is 3.54. The van der Waals surface area contributed by atoms with Crippen LogP contribution in [0.2, 0.25) is 0 Å². The van der Waals surface area contributed by atoms with Crippen molar-refractivity contribution in [3.05, 3.63) is 12.3 Å². The average molecular weight is 242 g/mol. The predicted molar refractivity (Wildman–Crippen MR) is 54.8 cm³/mol. The molecule has 0 bridgehead atoms. The van der Waals surface area contributed by atoms with E-state index in [1.165, 1.54) is 0 Å². The first-order valence-electron chi connectivity index (χ1n) is 5.45. The Bertz CT molecular complexity index is 177. The summed E-state index contributed by atoms with van der Waals surface area (Å²) < 4.78 is 50.8. The molecule has 0 amide bonds. The van der Waals surface area contributed by atoms with Gasteiger partial charge < -0.3 is 4.74 Å². The average Bonchev–Trinajstić information content (AvgIpc) is 2.19. The predicted octanol–water partition coefficient (Wildman–Crippen LogP) is 4.39. The van der Waals surface area contributed by atoms with Crippen molar-refractivity contribution in [2.24, 2.45) is 0 Å². The third kappa shape index (κ3) is 13.3. The molecule has 0 fully saturated rings. The van der Waals surface area contributed by atoms with E-state index in [1.807, 2.05) is 0 Å². The van der Waals surface area contributed by atoms with Crippen molar-refractivity contribution in [3.63, 3.8) is 0 Å². The molecule has 0 aliphatic rings. The monoisotopic (exact) mass is 242 g/mol. The maximum absolute atomic E-state index is 11.7. The van der Waals surface area contributed by atoms with Gasteiger partial charge in [-0.2, -0.15) is 13.2 Å². The van der Waals surface area contributed by atoms with Gasteiger partial charge in [0.05, 0.1) is 12.9 Å². The van der Waals surface area contributed by atoms with Gasteiger partial charge in [0.2, 0.25) is 0 Å². The zero-order valence-electron chi connectivity index (χ0n) is 9.23. The van der Waals surface area contributed by atoms with E-state index in [0.29, 0.717) is 12.8 Å². The Morgan fingerprint density at radius 1 is 0.938 bits per heavy atom. The number of hydrogen-bond acceptors (Lipinski definition) is 1. The summed E-state index contributed by atoms with van der Waals surface area (Å²) in [6.45, 7) is -1.51. The van der Waals surface area contributed by atoms with E-state index in [4.69, 9.17) is 0 Å². The Balaban J connectivity index is 3.16. The standard InChI is InChI=1S/C11H18F4O/c12-8-6-4-2-1-3-5-7-9-16-10-11(13,14)15/h7,9H,1-6,8,10H2. The highest BCUT2D eigenvalue weighted by molar-refractivity contribution is 4.73. The van der Waals surface area contributed by atoms with Crippen LogP contribution in [0.4, 0.5) is 17.6 Å². The molecule has 0 aliphatic carbocycles. The van der Waals surface area contributed by atoms with Crippen molar-refractivity contribution in [1.29, 1.82) is 0 Å². The third-order valence-electron chi connectivity index (χ3n) is 1.94. The summed E-state index contributed by atoms with van der Waals surface area (Å²) in [6.07, 6.45) is 3.44. The first kappa shape index (κ1) is 15.3. The molecule has 0 heterocycles. The third-order valence-corrected chi connectivity index (χ3v) is 1.94. The van der Waals surface area contributed by atoms with Crippen molar-refractivity contribution < 1.29 is 22.3 Å². The van der Waals surface area contributed by atoms with E-state index in [9.17, 15) is 17.6 Å². The number of halogens is 4. The molecule has 96 valence electrons. The Hall–Kier alpha value is -0.740. The van der Waals surface area contributed by atoms with Crippen molar-refractivity contribution >= 4 is 0 Å². The highest BCUT2D eigenvalue weighted by Crippen LogP contribution is 2.14. The minimum atomic E-state index is -4.27. The van der Waals surface area contributed by atoms with Crippen molar-refractivity contribution in [3.8, 4) is 0 Å². The molecular weight excluding hydrogens is 224 g/mol. The molecule has 0 aromatic carbocycles. The first-order valence-corrected chi connectivity index (χ1v) is 5.45. The van der Waals surface area contributed by atoms with E-state index in [0.717, 1.165) is 31.9 Å². The lowest BCUT2D eigenvalue weighted by Crippen LogP contribution is -2.14. The molecule has 0 saturated carbocycles. The van der Waals surface area contributed by atoms with Crippen molar-refractivity contribution in [2.75, 3.05) is 13.3 Å². The summed E-state index contributed by atoms with van der Waals surface area (Å²) in [7, 11) is 0. The molecule has 0 saturated heterocycles. The van der Waals surface area contributed by atoms with Crippen molar-refractivity contribution in [2.45, 2.75) is 44.7 Å². The van der Waals surface area contributed by atoms with Gasteiger partial charge in [-0.25, -0.2) is 0 Å². The van der Waals surface area contributed by atoms with Gasteiger partial charge in [0.15, 0.2) is 6.61 Å². The molecule has 0 N–H and O–H groups in total. The van der Waals surface area contributed by atoms with Gasteiger partial charge in [0, 0.05) is 0 Å². The zero-order chi connectivity index (χ0) is 12.3. The van der Waals surface area contributed by atoms with Crippen LogP contribution in [0, 0.1) is 0 Å². The molecule has 1 nitrogen and oxygen atoms in total. The molecule has 0 spiro atoms. The normalized spacial score (nSPS) is 12.2. The number of hydrogen-bond donors (Lipinski definition) is 0. The number of unbranched alkanes of at least 4 members (excludes halogenated alkanes) is 5. The van der Waals surface area contributed by atoms with Crippen LogP contribution < -0.4 is 0 Å². The molecule has 0 aromatic rings. The first-order chi connectivity index (χ1) is 7.56. The Morgan fingerprint density at radius 3 is 2.19 bits per heavy atom. The van der Waals surface area contributed by atoms with Gasteiger partial charge in [-0.15, -0.1) is 0 Å². The molecule has 0 unspecified atom stereocenters. The molecule has 0 atom stereocenters. The Morgan fingerprint density at radius 2 is 1.56 bits per heavy atom. The number of alkyl halides is 4. The van der Waals surface area contributed by atoms with Crippen LogP contribution in [-0.2, 0) is 4.74 Å². The van der Waals surface area contributed by atoms with Gasteiger partial charge in [0.1, 0.15) is 0 Å². The number of ether oxygens (including phenoxy) is 1. The molecule has 0 aliphatic heterocycles. The van der Waals surface area contributed by atoms with Crippen LogP contribution >= 0.6 is 0 Å². The molecule has 0 aromatic heterocycles. The summed E-state index contributed by atoms with van der Waals surface area (Å²) in [5.74, 6) is 0. The summed E-state index contributed by atoms with van der Waals surface area (Å²) >= 11 is 0. The van der Waals surface area contributed by atoms with Crippen molar-refractivity contribution in [1.82, 2.24) is 0 Å². The van der Waals surface area contributed by atoms with Gasteiger partial charge in [-0.1, -0.05) is 19.3 Å². The number of rotatable bonds is 9. The van der Waals surface area contributed by atoms with Crippen LogP contribution in [-0.4, -0.2) is 19.5 Å². The summed E-state index contributed by atoms with van der Waals surface area (Å²) in [4.78, 5) is 0. The molecule has 0 rings (SSSR count). The highest BCUT2D eigenvalue weighted by atomic mass is 19.4. The maximum atomic E-state index is 11.7. The van der Waals surface area contributed by atoms with E-state index in [-0.39, 0.29) is 6.67 Å². The maximum Gasteiger partial charge on any atom is 0.422 e. The summed E-state index contributed by atoms with van der Waals surface area (Å²) in [6, 6.07) is 0. The second-order valence-electron chi connectivity index (χ2n) is 3.54. The molecular formula is C11H18F4O. The summed E-state index contributed by atoms with van der Waals surface area (Å²) in [5, 5.41) is 0. The smallest absolute Gasteiger partial charge is 0.422 e. The van der Waals surface area contributed by atoms with Gasteiger partial charge in [0.25, 0.3) is 0 Å². The van der Waals surface area contributed by atoms with E-state index in [1.54, 1.807) is 6.08 Å². The Labute approximate surface area is 93.5 Å². The second kappa shape index (κ2) is 9.48. The lowest BCUT2D eigenvalue weighted by molar-refractivity contribution is -0.161. The van der Waals surface area contributed by atoms with Gasteiger partial charge >= 0.3 is 6.18 Å². The minimum absolute atomic E-state index is 0.273. The van der Waals surface area contributed by atoms with Gasteiger partial charge in [-0.05, 0) is 25.3 Å². The van der Waals surface area contributed by atoms with E-state index < -0.39 is 12.8 Å². The highest BCUT2D eigenvalue weighted by Gasteiger charge is 2.27. The fraction of sp³-hybridized carbons (Fsp3) is 0.818. The van der Waals surface area contributed by atoms with Crippen LogP contribution in [0.5, 0.6) is 0 Å². The minimum Gasteiger partial charge on any atom is -0.492 e. The lowest BCUT2D eigenvalue weighted by atomic mass is 10.1. The van der Waals surface area contributed by atoms with Crippen LogP contribution in [0.3, 0.4) is 0 Å². The van der Waals surface area contributed by atoms with E-state index in [2.05, 4.69) is 4.74 Å². The molecule has 0 radical (unpaired) electrons. The lowest BCUT2D eigenvalue weighted by Gasteiger charge is -2.04. The molecule has 16 heavy (non-hydrogen) atoms. The topological polar surface area (TPSA) is 9.23 Å². The van der Waals surface area contributed by atoms with Crippen LogP contribution in [0.25, 0.3) is 0 Å². The van der Waals surface area contributed by atoms with E-state index >= 15 is 0 Å². The van der Waals surface area contributed by atoms with Crippen LogP contribution in [0.1, 0.15) is 38.5 Å².